The minimum Gasteiger partial charge on any atom is -0.342 e. The van der Waals surface area contributed by atoms with E-state index in [4.69, 9.17) is 0 Å². The number of aromatic nitrogens is 1. The quantitative estimate of drug-likeness (QED) is 0.815. The second kappa shape index (κ2) is 5.92. The molecule has 2 atom stereocenters. The van der Waals surface area contributed by atoms with Gasteiger partial charge in [-0.05, 0) is 60.0 Å². The zero-order valence-electron chi connectivity index (χ0n) is 12.1. The third-order valence-corrected chi connectivity index (χ3v) is 5.23. The maximum absolute atomic E-state index is 12.9. The summed E-state index contributed by atoms with van der Waals surface area (Å²) in [4.78, 5) is 15.1. The number of hydrogen-bond donors (Lipinski definition) is 0. The Hall–Kier alpha value is -0.770. The fourth-order valence-corrected chi connectivity index (χ4v) is 4.40. The number of amides is 1. The van der Waals surface area contributed by atoms with Crippen LogP contribution < -0.4 is 0 Å². The van der Waals surface area contributed by atoms with Gasteiger partial charge in [0.2, 0.25) is 0 Å². The number of likely N-dealkylation sites (tertiary alicyclic amines) is 1. The highest BCUT2D eigenvalue weighted by Gasteiger charge is 2.38. The molecule has 1 aliphatic carbocycles. The number of halogens is 1. The van der Waals surface area contributed by atoms with Gasteiger partial charge in [0.15, 0.2) is 0 Å². The van der Waals surface area contributed by atoms with Crippen LogP contribution in [0.3, 0.4) is 0 Å². The van der Waals surface area contributed by atoms with Crippen LogP contribution in [0.5, 0.6) is 0 Å². The summed E-state index contributed by atoms with van der Waals surface area (Å²) in [6, 6.07) is 2.48. The summed E-state index contributed by atoms with van der Waals surface area (Å²) in [5.41, 5.74) is 0.853. The highest BCUT2D eigenvalue weighted by molar-refractivity contribution is 9.10. The number of aryl methyl sites for hydroxylation is 1. The molecule has 0 spiro atoms. The Morgan fingerprint density at radius 2 is 2.15 bits per heavy atom. The first kappa shape index (κ1) is 14.2. The molecule has 1 amide bonds. The number of rotatable bonds is 3. The zero-order valence-corrected chi connectivity index (χ0v) is 13.7. The van der Waals surface area contributed by atoms with Crippen LogP contribution >= 0.6 is 15.9 Å². The van der Waals surface area contributed by atoms with E-state index < -0.39 is 0 Å². The van der Waals surface area contributed by atoms with Crippen molar-refractivity contribution in [1.82, 2.24) is 9.47 Å². The van der Waals surface area contributed by atoms with E-state index in [1.54, 1.807) is 0 Å². The molecule has 0 bridgehead atoms. The Balaban J connectivity index is 1.84. The predicted octanol–water partition coefficient (Wildman–Crippen LogP) is 4.07. The SMILES string of the molecule is CCCn1cc(Br)cc1C(=O)N1CCCC2CCCC21. The number of nitrogens with zero attached hydrogens (tertiary/aromatic N) is 2. The van der Waals surface area contributed by atoms with Gasteiger partial charge in [-0.25, -0.2) is 0 Å². The topological polar surface area (TPSA) is 25.2 Å². The van der Waals surface area contributed by atoms with Crippen LogP contribution in [0.4, 0.5) is 0 Å². The molecular weight excluding hydrogens is 316 g/mol. The van der Waals surface area contributed by atoms with Gasteiger partial charge in [0.1, 0.15) is 5.69 Å². The zero-order chi connectivity index (χ0) is 14.1. The molecule has 1 aromatic rings. The summed E-state index contributed by atoms with van der Waals surface area (Å²) < 4.78 is 3.11. The number of hydrogen-bond acceptors (Lipinski definition) is 1. The lowest BCUT2D eigenvalue weighted by molar-refractivity contribution is 0.0537. The van der Waals surface area contributed by atoms with Gasteiger partial charge in [0.05, 0.1) is 0 Å². The minimum atomic E-state index is 0.237. The molecule has 2 aliphatic rings. The summed E-state index contributed by atoms with van der Waals surface area (Å²) in [5.74, 6) is 0.992. The molecule has 2 fully saturated rings. The molecule has 110 valence electrons. The molecule has 1 aromatic heterocycles. The first-order chi connectivity index (χ1) is 9.70. The van der Waals surface area contributed by atoms with E-state index in [0.717, 1.165) is 35.6 Å². The van der Waals surface area contributed by atoms with Crippen LogP contribution in [0.2, 0.25) is 0 Å². The highest BCUT2D eigenvalue weighted by Crippen LogP contribution is 2.37. The monoisotopic (exact) mass is 338 g/mol. The van der Waals surface area contributed by atoms with E-state index in [-0.39, 0.29) is 5.91 Å². The van der Waals surface area contributed by atoms with E-state index >= 15 is 0 Å². The van der Waals surface area contributed by atoms with Crippen LogP contribution in [-0.4, -0.2) is 28.0 Å². The number of piperidine rings is 1. The largest absolute Gasteiger partial charge is 0.342 e. The van der Waals surface area contributed by atoms with Gasteiger partial charge in [-0.1, -0.05) is 13.3 Å². The third-order valence-electron chi connectivity index (χ3n) is 4.80. The fourth-order valence-electron chi connectivity index (χ4n) is 3.93. The number of carbonyl (C=O) groups excluding carboxylic acids is 1. The summed E-state index contributed by atoms with van der Waals surface area (Å²) in [6.07, 6.45) is 9.37. The molecule has 3 nitrogen and oxygen atoms in total. The highest BCUT2D eigenvalue weighted by atomic mass is 79.9. The number of fused-ring (bicyclic) bond motifs is 1. The molecule has 2 heterocycles. The molecular formula is C16H23BrN2O. The lowest BCUT2D eigenvalue weighted by Crippen LogP contribution is -2.46. The fraction of sp³-hybridized carbons (Fsp3) is 0.688. The second-order valence-corrected chi connectivity index (χ2v) is 7.05. The van der Waals surface area contributed by atoms with E-state index in [9.17, 15) is 4.79 Å². The van der Waals surface area contributed by atoms with E-state index in [2.05, 4.69) is 32.3 Å². The van der Waals surface area contributed by atoms with Gasteiger partial charge in [0, 0.05) is 29.8 Å². The Bertz CT molecular complexity index is 497. The molecule has 20 heavy (non-hydrogen) atoms. The van der Waals surface area contributed by atoms with Crippen molar-refractivity contribution in [3.63, 3.8) is 0 Å². The summed E-state index contributed by atoms with van der Waals surface area (Å²) in [7, 11) is 0. The van der Waals surface area contributed by atoms with Crippen LogP contribution in [-0.2, 0) is 6.54 Å². The average Bonchev–Trinajstić information content (AvgIpc) is 3.04. The van der Waals surface area contributed by atoms with Gasteiger partial charge in [-0.15, -0.1) is 0 Å². The van der Waals surface area contributed by atoms with Crippen molar-refractivity contribution in [2.45, 2.75) is 58.0 Å². The van der Waals surface area contributed by atoms with Gasteiger partial charge >= 0.3 is 0 Å². The maximum atomic E-state index is 12.9. The predicted molar refractivity (Wildman–Crippen MR) is 83.8 cm³/mol. The molecule has 0 radical (unpaired) electrons. The molecule has 2 unspecified atom stereocenters. The normalized spacial score (nSPS) is 25.8. The van der Waals surface area contributed by atoms with Crippen LogP contribution in [0.25, 0.3) is 0 Å². The van der Waals surface area contributed by atoms with Gasteiger partial charge in [-0.3, -0.25) is 4.79 Å². The number of carbonyl (C=O) groups is 1. The third kappa shape index (κ3) is 2.54. The van der Waals surface area contributed by atoms with Crippen molar-refractivity contribution in [3.8, 4) is 0 Å². The standard InChI is InChI=1S/C16H23BrN2O/c1-2-8-18-11-13(17)10-15(18)16(20)19-9-4-6-12-5-3-7-14(12)19/h10-12,14H,2-9H2,1H3. The summed E-state index contributed by atoms with van der Waals surface area (Å²) in [5, 5.41) is 0. The molecule has 3 rings (SSSR count). The maximum Gasteiger partial charge on any atom is 0.270 e. The minimum absolute atomic E-state index is 0.237. The summed E-state index contributed by atoms with van der Waals surface area (Å²) in [6.45, 7) is 4.00. The van der Waals surface area contributed by atoms with E-state index in [1.165, 1.54) is 32.1 Å². The van der Waals surface area contributed by atoms with Gasteiger partial charge in [-0.2, -0.15) is 0 Å². The molecule has 0 N–H and O–H groups in total. The van der Waals surface area contributed by atoms with Gasteiger partial charge in [0.25, 0.3) is 5.91 Å². The summed E-state index contributed by atoms with van der Waals surface area (Å²) >= 11 is 3.51. The Morgan fingerprint density at radius 1 is 1.35 bits per heavy atom. The average molecular weight is 339 g/mol. The molecule has 0 aromatic carbocycles. The van der Waals surface area contributed by atoms with Crippen molar-refractivity contribution < 1.29 is 4.79 Å². The lowest BCUT2D eigenvalue weighted by Gasteiger charge is -2.37. The Labute approximate surface area is 129 Å². The van der Waals surface area contributed by atoms with Crippen LogP contribution in [0.15, 0.2) is 16.7 Å². The molecule has 4 heteroatoms. The molecule has 1 saturated heterocycles. The van der Waals surface area contributed by atoms with Crippen molar-refractivity contribution in [2.24, 2.45) is 5.92 Å². The smallest absolute Gasteiger partial charge is 0.270 e. The van der Waals surface area contributed by atoms with Crippen LogP contribution in [0, 0.1) is 5.92 Å². The van der Waals surface area contributed by atoms with Crippen molar-refractivity contribution in [3.05, 3.63) is 22.4 Å². The van der Waals surface area contributed by atoms with Crippen molar-refractivity contribution in [1.29, 1.82) is 0 Å². The van der Waals surface area contributed by atoms with Crippen molar-refractivity contribution in [2.75, 3.05) is 6.54 Å². The first-order valence-corrected chi connectivity index (χ1v) is 8.66. The van der Waals surface area contributed by atoms with Crippen molar-refractivity contribution >= 4 is 21.8 Å². The second-order valence-electron chi connectivity index (χ2n) is 6.14. The molecule has 1 saturated carbocycles. The van der Waals surface area contributed by atoms with E-state index in [0.29, 0.717) is 6.04 Å². The first-order valence-electron chi connectivity index (χ1n) is 7.87. The Kier molecular flexibility index (Phi) is 4.20. The lowest BCUT2D eigenvalue weighted by atomic mass is 9.92. The molecule has 1 aliphatic heterocycles. The Morgan fingerprint density at radius 3 is 2.95 bits per heavy atom. The van der Waals surface area contributed by atoms with Gasteiger partial charge < -0.3 is 9.47 Å². The van der Waals surface area contributed by atoms with E-state index in [1.807, 2.05) is 12.3 Å². The van der Waals surface area contributed by atoms with Crippen LogP contribution in [0.1, 0.15) is 55.9 Å².